The summed E-state index contributed by atoms with van der Waals surface area (Å²) >= 11 is 0. The molecule has 1 saturated heterocycles. The topological polar surface area (TPSA) is 85.7 Å². The molecule has 8 nitrogen and oxygen atoms in total. The minimum absolute atomic E-state index is 0.0581. The lowest BCUT2D eigenvalue weighted by Crippen LogP contribution is -2.41. The smallest absolute Gasteiger partial charge is 0.269 e. The molecule has 172 valence electrons. The molecular formula is C25H28N4O4. The Balaban J connectivity index is 1.42. The summed E-state index contributed by atoms with van der Waals surface area (Å²) in [6.07, 6.45) is 3.35. The molecule has 8 heteroatoms. The molecule has 2 aromatic carbocycles. The number of aromatic nitrogens is 2. The number of nitrogens with zero attached hydrogens (tertiary/aromatic N) is 3. The van der Waals surface area contributed by atoms with Crippen LogP contribution in [0.5, 0.6) is 11.5 Å². The Bertz CT molecular complexity index is 1160. The summed E-state index contributed by atoms with van der Waals surface area (Å²) in [6.45, 7) is 1.74. The summed E-state index contributed by atoms with van der Waals surface area (Å²) in [5.41, 5.74) is 2.26. The Kier molecular flexibility index (Phi) is 6.92. The van der Waals surface area contributed by atoms with E-state index >= 15 is 0 Å². The maximum Gasteiger partial charge on any atom is 0.269 e. The van der Waals surface area contributed by atoms with Crippen molar-refractivity contribution in [1.29, 1.82) is 0 Å². The summed E-state index contributed by atoms with van der Waals surface area (Å²) in [7, 11) is 3.13. The second kappa shape index (κ2) is 10.2. The predicted octanol–water partition coefficient (Wildman–Crippen LogP) is 3.16. The van der Waals surface area contributed by atoms with Crippen LogP contribution in [0.25, 0.3) is 0 Å². The van der Waals surface area contributed by atoms with Crippen molar-refractivity contribution in [3.63, 3.8) is 0 Å². The first kappa shape index (κ1) is 22.4. The number of benzene rings is 2. The molecule has 3 aromatic rings. The van der Waals surface area contributed by atoms with Crippen LogP contribution in [-0.4, -0.2) is 43.0 Å². The van der Waals surface area contributed by atoms with Crippen molar-refractivity contribution in [1.82, 2.24) is 9.78 Å². The van der Waals surface area contributed by atoms with E-state index in [1.165, 1.54) is 4.68 Å². The average molecular weight is 449 g/mol. The van der Waals surface area contributed by atoms with Gasteiger partial charge in [-0.1, -0.05) is 30.3 Å². The molecule has 1 amide bonds. The largest absolute Gasteiger partial charge is 0.493 e. The SMILES string of the molecule is COc1ccc(NC(=O)[C@@H]2CCCN(c3cnn(Cc4ccccc4)c(=O)c3)C2)cc1OC. The quantitative estimate of drug-likeness (QED) is 0.598. The number of amides is 1. The van der Waals surface area contributed by atoms with Gasteiger partial charge < -0.3 is 19.7 Å². The Morgan fingerprint density at radius 3 is 2.61 bits per heavy atom. The lowest BCUT2D eigenvalue weighted by molar-refractivity contribution is -0.120. The van der Waals surface area contributed by atoms with Crippen LogP contribution in [0.15, 0.2) is 65.6 Å². The highest BCUT2D eigenvalue weighted by Crippen LogP contribution is 2.30. The van der Waals surface area contributed by atoms with Crippen LogP contribution in [0.2, 0.25) is 0 Å². The average Bonchev–Trinajstić information content (AvgIpc) is 2.86. The van der Waals surface area contributed by atoms with Gasteiger partial charge >= 0.3 is 0 Å². The first-order valence-electron chi connectivity index (χ1n) is 11.0. The van der Waals surface area contributed by atoms with Crippen molar-refractivity contribution in [2.75, 3.05) is 37.5 Å². The van der Waals surface area contributed by atoms with Crippen LogP contribution in [0, 0.1) is 5.92 Å². The molecule has 0 unspecified atom stereocenters. The van der Waals surface area contributed by atoms with Gasteiger partial charge in [-0.3, -0.25) is 9.59 Å². The number of rotatable bonds is 7. The maximum absolute atomic E-state index is 12.9. The van der Waals surface area contributed by atoms with Crippen LogP contribution in [0.1, 0.15) is 18.4 Å². The van der Waals surface area contributed by atoms with Crippen LogP contribution in [0.4, 0.5) is 11.4 Å². The van der Waals surface area contributed by atoms with Gasteiger partial charge in [0.25, 0.3) is 5.56 Å². The summed E-state index contributed by atoms with van der Waals surface area (Å²) in [5, 5.41) is 7.33. The summed E-state index contributed by atoms with van der Waals surface area (Å²) in [4.78, 5) is 27.6. The molecule has 33 heavy (non-hydrogen) atoms. The molecule has 0 aliphatic carbocycles. The fourth-order valence-corrected chi connectivity index (χ4v) is 4.06. The zero-order chi connectivity index (χ0) is 23.2. The van der Waals surface area contributed by atoms with Crippen molar-refractivity contribution in [3.8, 4) is 11.5 Å². The van der Waals surface area contributed by atoms with E-state index in [1.54, 1.807) is 44.7 Å². The first-order chi connectivity index (χ1) is 16.1. The highest BCUT2D eigenvalue weighted by atomic mass is 16.5. The van der Waals surface area contributed by atoms with Crippen LogP contribution < -0.4 is 25.2 Å². The van der Waals surface area contributed by atoms with Gasteiger partial charge in [0.2, 0.25) is 5.91 Å². The predicted molar refractivity (Wildman–Crippen MR) is 127 cm³/mol. The molecule has 0 bridgehead atoms. The van der Waals surface area contributed by atoms with Gasteiger partial charge in [0.15, 0.2) is 11.5 Å². The van der Waals surface area contributed by atoms with Crippen LogP contribution in [0.3, 0.4) is 0 Å². The zero-order valence-corrected chi connectivity index (χ0v) is 18.9. The van der Waals surface area contributed by atoms with Gasteiger partial charge in [-0.2, -0.15) is 5.10 Å². The number of piperidine rings is 1. The molecule has 2 heterocycles. The summed E-state index contributed by atoms with van der Waals surface area (Å²) in [6, 6.07) is 16.6. The number of carbonyl (C=O) groups is 1. The third kappa shape index (κ3) is 5.34. The fraction of sp³-hybridized carbons (Fsp3) is 0.320. The van der Waals surface area contributed by atoms with Gasteiger partial charge in [-0.05, 0) is 30.5 Å². The normalized spacial score (nSPS) is 15.7. The maximum atomic E-state index is 12.9. The molecular weight excluding hydrogens is 420 g/mol. The molecule has 1 aromatic heterocycles. The first-order valence-corrected chi connectivity index (χ1v) is 11.0. The van der Waals surface area contributed by atoms with E-state index in [0.29, 0.717) is 30.3 Å². The van der Waals surface area contributed by atoms with Crippen molar-refractivity contribution in [2.45, 2.75) is 19.4 Å². The number of hydrogen-bond acceptors (Lipinski definition) is 6. The number of hydrogen-bond donors (Lipinski definition) is 1. The molecule has 1 atom stereocenters. The Morgan fingerprint density at radius 2 is 1.88 bits per heavy atom. The molecule has 0 saturated carbocycles. The van der Waals surface area contributed by atoms with Gasteiger partial charge in [-0.15, -0.1) is 0 Å². The van der Waals surface area contributed by atoms with Crippen molar-refractivity contribution >= 4 is 17.3 Å². The number of anilines is 2. The lowest BCUT2D eigenvalue weighted by atomic mass is 9.96. The fourth-order valence-electron chi connectivity index (χ4n) is 4.06. The van der Waals surface area contributed by atoms with E-state index in [1.807, 2.05) is 30.3 Å². The van der Waals surface area contributed by atoms with Gasteiger partial charge in [0.1, 0.15) is 0 Å². The van der Waals surface area contributed by atoms with Gasteiger partial charge in [0.05, 0.1) is 38.6 Å². The zero-order valence-electron chi connectivity index (χ0n) is 18.9. The molecule has 1 N–H and O–H groups in total. The monoisotopic (exact) mass is 448 g/mol. The Morgan fingerprint density at radius 1 is 1.09 bits per heavy atom. The number of carbonyl (C=O) groups excluding carboxylic acids is 1. The van der Waals surface area contributed by atoms with E-state index in [4.69, 9.17) is 9.47 Å². The summed E-state index contributed by atoms with van der Waals surface area (Å²) < 4.78 is 12.0. The van der Waals surface area contributed by atoms with Gasteiger partial charge in [0, 0.05) is 30.9 Å². The van der Waals surface area contributed by atoms with E-state index in [-0.39, 0.29) is 17.4 Å². The Hall–Kier alpha value is -3.81. The molecule has 0 radical (unpaired) electrons. The molecule has 1 aliphatic heterocycles. The Labute approximate surface area is 192 Å². The standard InChI is InChI=1S/C25H28N4O4/c1-32-22-11-10-20(13-23(22)33-2)27-25(31)19-9-6-12-28(17-19)21-14-24(30)29(26-15-21)16-18-7-4-3-5-8-18/h3-5,7-8,10-11,13-15,19H,6,9,12,16-17H2,1-2H3,(H,27,31)/t19-/m1/s1. The molecule has 1 fully saturated rings. The minimum atomic E-state index is -0.196. The number of methoxy groups -OCH3 is 2. The summed E-state index contributed by atoms with van der Waals surface area (Å²) in [5.74, 6) is 0.910. The molecule has 1 aliphatic rings. The highest BCUT2D eigenvalue weighted by Gasteiger charge is 2.27. The second-order valence-corrected chi connectivity index (χ2v) is 8.04. The van der Waals surface area contributed by atoms with E-state index < -0.39 is 0 Å². The van der Waals surface area contributed by atoms with Crippen molar-refractivity contribution < 1.29 is 14.3 Å². The van der Waals surface area contributed by atoms with E-state index in [2.05, 4.69) is 15.3 Å². The van der Waals surface area contributed by atoms with Crippen LogP contribution in [-0.2, 0) is 11.3 Å². The molecule has 4 rings (SSSR count). The lowest BCUT2D eigenvalue weighted by Gasteiger charge is -2.33. The number of ether oxygens (including phenoxy) is 2. The van der Waals surface area contributed by atoms with Crippen LogP contribution >= 0.6 is 0 Å². The highest BCUT2D eigenvalue weighted by molar-refractivity contribution is 5.93. The van der Waals surface area contributed by atoms with Crippen molar-refractivity contribution in [3.05, 3.63) is 76.7 Å². The van der Waals surface area contributed by atoms with E-state index in [9.17, 15) is 9.59 Å². The molecule has 0 spiro atoms. The third-order valence-corrected chi connectivity index (χ3v) is 5.84. The second-order valence-electron chi connectivity index (χ2n) is 8.04. The van der Waals surface area contributed by atoms with Gasteiger partial charge in [-0.25, -0.2) is 4.68 Å². The third-order valence-electron chi connectivity index (χ3n) is 5.84. The van der Waals surface area contributed by atoms with Crippen molar-refractivity contribution in [2.24, 2.45) is 5.92 Å². The van der Waals surface area contributed by atoms with E-state index in [0.717, 1.165) is 30.6 Å². The number of nitrogens with one attached hydrogen (secondary N) is 1. The minimum Gasteiger partial charge on any atom is -0.493 e.